The molecule has 1 aromatic heterocycles. The highest BCUT2D eigenvalue weighted by molar-refractivity contribution is 7.99. The summed E-state index contributed by atoms with van der Waals surface area (Å²) in [4.78, 5) is 0. The van der Waals surface area contributed by atoms with Crippen molar-refractivity contribution in [3.63, 3.8) is 0 Å². The zero-order valence-electron chi connectivity index (χ0n) is 11.7. The maximum atomic E-state index is 6.29. The first kappa shape index (κ1) is 13.4. The standard InChI is InChI=1S/C14H24N4S/c1-10-6-7-11(15)12(9-10)19-14-17-16-13-5-3-2-4-8-18(13)14/h10-12H,2-9,15H2,1H3. The Hall–Kier alpha value is -0.550. The first-order chi connectivity index (χ1) is 9.24. The zero-order valence-corrected chi connectivity index (χ0v) is 12.5. The van der Waals surface area contributed by atoms with Crippen LogP contribution in [0.5, 0.6) is 0 Å². The number of nitrogens with zero attached hydrogens (tertiary/aromatic N) is 3. The molecule has 4 nitrogen and oxygen atoms in total. The van der Waals surface area contributed by atoms with Crippen molar-refractivity contribution in [3.05, 3.63) is 5.82 Å². The normalized spacial score (nSPS) is 31.8. The van der Waals surface area contributed by atoms with Gasteiger partial charge in [0, 0.05) is 24.3 Å². The van der Waals surface area contributed by atoms with E-state index in [4.69, 9.17) is 5.73 Å². The highest BCUT2D eigenvalue weighted by Gasteiger charge is 2.29. The number of nitrogens with two attached hydrogens (primary N) is 1. The van der Waals surface area contributed by atoms with Gasteiger partial charge in [-0.15, -0.1) is 10.2 Å². The third kappa shape index (κ3) is 2.97. The fourth-order valence-electron chi connectivity index (χ4n) is 3.17. The van der Waals surface area contributed by atoms with Gasteiger partial charge in [-0.1, -0.05) is 25.1 Å². The Morgan fingerprint density at radius 1 is 1.21 bits per heavy atom. The van der Waals surface area contributed by atoms with Crippen molar-refractivity contribution in [1.82, 2.24) is 14.8 Å². The molecule has 19 heavy (non-hydrogen) atoms. The van der Waals surface area contributed by atoms with E-state index in [2.05, 4.69) is 21.7 Å². The molecular weight excluding hydrogens is 256 g/mol. The number of aryl methyl sites for hydroxylation is 1. The van der Waals surface area contributed by atoms with Gasteiger partial charge in [0.05, 0.1) is 0 Å². The summed E-state index contributed by atoms with van der Waals surface area (Å²) in [6.45, 7) is 3.42. The highest BCUT2D eigenvalue weighted by Crippen LogP contribution is 2.35. The molecule has 2 aliphatic rings. The molecular formula is C14H24N4S. The van der Waals surface area contributed by atoms with E-state index in [1.54, 1.807) is 0 Å². The van der Waals surface area contributed by atoms with Crippen molar-refractivity contribution in [2.75, 3.05) is 0 Å². The average molecular weight is 280 g/mol. The molecule has 2 N–H and O–H groups in total. The van der Waals surface area contributed by atoms with Crippen molar-refractivity contribution < 1.29 is 0 Å². The molecule has 0 saturated heterocycles. The molecule has 3 rings (SSSR count). The molecule has 2 heterocycles. The average Bonchev–Trinajstić information content (AvgIpc) is 2.62. The predicted octanol–water partition coefficient (Wildman–Crippen LogP) is 2.61. The molecule has 0 radical (unpaired) electrons. The van der Waals surface area contributed by atoms with Gasteiger partial charge in [-0.05, 0) is 38.0 Å². The van der Waals surface area contributed by atoms with Gasteiger partial charge >= 0.3 is 0 Å². The van der Waals surface area contributed by atoms with Gasteiger partial charge in [0.25, 0.3) is 0 Å². The lowest BCUT2D eigenvalue weighted by molar-refractivity contribution is 0.357. The van der Waals surface area contributed by atoms with E-state index in [1.165, 1.54) is 37.9 Å². The fourth-order valence-corrected chi connectivity index (χ4v) is 4.59. The van der Waals surface area contributed by atoms with Crippen LogP contribution in [0.3, 0.4) is 0 Å². The summed E-state index contributed by atoms with van der Waals surface area (Å²) in [5.41, 5.74) is 6.29. The quantitative estimate of drug-likeness (QED) is 0.904. The summed E-state index contributed by atoms with van der Waals surface area (Å²) in [6.07, 6.45) is 8.55. The van der Waals surface area contributed by atoms with Crippen LogP contribution < -0.4 is 5.73 Å². The van der Waals surface area contributed by atoms with E-state index in [-0.39, 0.29) is 0 Å². The lowest BCUT2D eigenvalue weighted by Gasteiger charge is -2.31. The van der Waals surface area contributed by atoms with E-state index in [1.807, 2.05) is 11.8 Å². The van der Waals surface area contributed by atoms with Crippen LogP contribution in [0.15, 0.2) is 5.16 Å². The topological polar surface area (TPSA) is 56.7 Å². The summed E-state index contributed by atoms with van der Waals surface area (Å²) >= 11 is 1.87. The van der Waals surface area contributed by atoms with Crippen molar-refractivity contribution in [2.45, 2.75) is 74.9 Å². The van der Waals surface area contributed by atoms with Crippen LogP contribution in [0.4, 0.5) is 0 Å². The third-order valence-corrected chi connectivity index (χ3v) is 5.79. The Balaban J connectivity index is 1.74. The minimum atomic E-state index is 0.319. The molecule has 3 unspecified atom stereocenters. The SMILES string of the molecule is CC1CCC(N)C(Sc2nnc3n2CCCCC3)C1. The zero-order chi connectivity index (χ0) is 13.2. The number of hydrogen-bond acceptors (Lipinski definition) is 4. The van der Waals surface area contributed by atoms with Crippen molar-refractivity contribution in [3.8, 4) is 0 Å². The fraction of sp³-hybridized carbons (Fsp3) is 0.857. The van der Waals surface area contributed by atoms with Crippen LogP contribution in [-0.4, -0.2) is 26.1 Å². The maximum absolute atomic E-state index is 6.29. The lowest BCUT2D eigenvalue weighted by Crippen LogP contribution is -2.38. The Labute approximate surface area is 119 Å². The molecule has 1 saturated carbocycles. The second-order valence-corrected chi connectivity index (χ2v) is 7.31. The molecule has 1 aliphatic heterocycles. The summed E-state index contributed by atoms with van der Waals surface area (Å²) < 4.78 is 2.34. The molecule has 0 spiro atoms. The number of aromatic nitrogens is 3. The minimum Gasteiger partial charge on any atom is -0.327 e. The van der Waals surface area contributed by atoms with E-state index in [0.717, 1.165) is 30.5 Å². The Morgan fingerprint density at radius 3 is 3.00 bits per heavy atom. The molecule has 1 aromatic rings. The monoisotopic (exact) mass is 280 g/mol. The van der Waals surface area contributed by atoms with Gasteiger partial charge < -0.3 is 10.3 Å². The van der Waals surface area contributed by atoms with Crippen LogP contribution >= 0.6 is 11.8 Å². The van der Waals surface area contributed by atoms with Gasteiger partial charge in [0.1, 0.15) is 5.82 Å². The van der Waals surface area contributed by atoms with Crippen molar-refractivity contribution in [2.24, 2.45) is 11.7 Å². The number of hydrogen-bond donors (Lipinski definition) is 1. The molecule has 5 heteroatoms. The largest absolute Gasteiger partial charge is 0.327 e. The Bertz CT molecular complexity index is 431. The summed E-state index contributed by atoms with van der Waals surface area (Å²) in [6, 6.07) is 0.319. The Kier molecular flexibility index (Phi) is 4.12. The van der Waals surface area contributed by atoms with Gasteiger partial charge in [-0.3, -0.25) is 0 Å². The molecule has 0 amide bonds. The first-order valence-corrected chi connectivity index (χ1v) is 8.46. The van der Waals surface area contributed by atoms with E-state index in [0.29, 0.717) is 11.3 Å². The third-order valence-electron chi connectivity index (χ3n) is 4.44. The summed E-state index contributed by atoms with van der Waals surface area (Å²) in [5, 5.41) is 10.4. The number of fused-ring (bicyclic) bond motifs is 1. The van der Waals surface area contributed by atoms with Gasteiger partial charge in [-0.2, -0.15) is 0 Å². The van der Waals surface area contributed by atoms with Gasteiger partial charge in [0.15, 0.2) is 5.16 Å². The van der Waals surface area contributed by atoms with Crippen molar-refractivity contribution in [1.29, 1.82) is 0 Å². The molecule has 0 aromatic carbocycles. The lowest BCUT2D eigenvalue weighted by atomic mass is 9.87. The summed E-state index contributed by atoms with van der Waals surface area (Å²) in [5.74, 6) is 1.97. The van der Waals surface area contributed by atoms with Crippen LogP contribution in [0, 0.1) is 5.92 Å². The molecule has 3 atom stereocenters. The predicted molar refractivity (Wildman–Crippen MR) is 78.2 cm³/mol. The smallest absolute Gasteiger partial charge is 0.191 e. The minimum absolute atomic E-state index is 0.319. The van der Waals surface area contributed by atoms with E-state index in [9.17, 15) is 0 Å². The molecule has 1 fully saturated rings. The van der Waals surface area contributed by atoms with Crippen molar-refractivity contribution >= 4 is 11.8 Å². The van der Waals surface area contributed by atoms with E-state index >= 15 is 0 Å². The summed E-state index contributed by atoms with van der Waals surface area (Å²) in [7, 11) is 0. The second-order valence-electron chi connectivity index (χ2n) is 6.10. The van der Waals surface area contributed by atoms with Crippen LogP contribution in [0.1, 0.15) is 51.3 Å². The molecule has 1 aliphatic carbocycles. The Morgan fingerprint density at radius 2 is 2.11 bits per heavy atom. The number of thioether (sulfide) groups is 1. The molecule has 0 bridgehead atoms. The maximum Gasteiger partial charge on any atom is 0.191 e. The first-order valence-electron chi connectivity index (χ1n) is 7.58. The number of rotatable bonds is 2. The highest BCUT2D eigenvalue weighted by atomic mass is 32.2. The van der Waals surface area contributed by atoms with Gasteiger partial charge in [-0.25, -0.2) is 0 Å². The second kappa shape index (κ2) is 5.83. The van der Waals surface area contributed by atoms with Crippen LogP contribution in [0.25, 0.3) is 0 Å². The van der Waals surface area contributed by atoms with Crippen LogP contribution in [0.2, 0.25) is 0 Å². The van der Waals surface area contributed by atoms with E-state index < -0.39 is 0 Å². The van der Waals surface area contributed by atoms with Gasteiger partial charge in [0.2, 0.25) is 0 Å². The molecule has 106 valence electrons. The van der Waals surface area contributed by atoms with Crippen LogP contribution in [-0.2, 0) is 13.0 Å².